The van der Waals surface area contributed by atoms with Crippen LogP contribution in [0.1, 0.15) is 5.89 Å². The van der Waals surface area contributed by atoms with E-state index in [0.29, 0.717) is 37.0 Å². The first-order valence-corrected chi connectivity index (χ1v) is 8.18. The van der Waals surface area contributed by atoms with Crippen LogP contribution < -0.4 is 9.47 Å². The Morgan fingerprint density at radius 3 is 2.42 bits per heavy atom. The van der Waals surface area contributed by atoms with Crippen molar-refractivity contribution in [2.45, 2.75) is 6.54 Å². The summed E-state index contributed by atoms with van der Waals surface area (Å²) in [6.07, 6.45) is 0. The number of hydrogen-bond donors (Lipinski definition) is 0. The van der Waals surface area contributed by atoms with E-state index in [1.54, 1.807) is 19.2 Å². The summed E-state index contributed by atoms with van der Waals surface area (Å²) in [5.41, 5.74) is 0.715. The molecule has 0 saturated carbocycles. The second-order valence-corrected chi connectivity index (χ2v) is 5.78. The molecule has 0 aliphatic heterocycles. The lowest BCUT2D eigenvalue weighted by molar-refractivity contribution is 0.212. The minimum Gasteiger partial charge on any atom is -0.497 e. The third-order valence-corrected chi connectivity index (χ3v) is 3.78. The Morgan fingerprint density at radius 1 is 1.04 bits per heavy atom. The molecule has 0 atom stereocenters. The van der Waals surface area contributed by atoms with Crippen molar-refractivity contribution >= 4 is 0 Å². The molecular formula is C19H20FN3O3. The summed E-state index contributed by atoms with van der Waals surface area (Å²) in [7, 11) is 3.57. The Morgan fingerprint density at radius 2 is 1.73 bits per heavy atom. The molecule has 0 saturated heterocycles. The summed E-state index contributed by atoms with van der Waals surface area (Å²) >= 11 is 0. The zero-order valence-electron chi connectivity index (χ0n) is 14.7. The summed E-state index contributed by atoms with van der Waals surface area (Å²) in [6, 6.07) is 13.4. The molecule has 0 amide bonds. The minimum atomic E-state index is -0.297. The Kier molecular flexibility index (Phi) is 5.80. The number of rotatable bonds is 8. The van der Waals surface area contributed by atoms with Crippen LogP contribution in [-0.2, 0) is 6.54 Å². The quantitative estimate of drug-likeness (QED) is 0.616. The Labute approximate surface area is 151 Å². The van der Waals surface area contributed by atoms with E-state index in [1.165, 1.54) is 12.1 Å². The molecule has 0 N–H and O–H groups in total. The van der Waals surface area contributed by atoms with Crippen LogP contribution >= 0.6 is 0 Å². The molecule has 0 aliphatic carbocycles. The first-order valence-electron chi connectivity index (χ1n) is 8.18. The maximum Gasteiger partial charge on any atom is 0.241 e. The monoisotopic (exact) mass is 357 g/mol. The van der Waals surface area contributed by atoms with E-state index in [2.05, 4.69) is 10.1 Å². The SMILES string of the molecule is COc1ccc(OCCN(C)Cc2nc(-c3ccc(F)cc3)no2)cc1. The molecule has 26 heavy (non-hydrogen) atoms. The number of aromatic nitrogens is 2. The van der Waals surface area contributed by atoms with E-state index in [-0.39, 0.29) is 5.82 Å². The maximum atomic E-state index is 13.0. The molecule has 0 radical (unpaired) electrons. The summed E-state index contributed by atoms with van der Waals surface area (Å²) < 4.78 is 29.0. The van der Waals surface area contributed by atoms with Gasteiger partial charge < -0.3 is 14.0 Å². The van der Waals surface area contributed by atoms with Crippen LogP contribution in [0, 0.1) is 5.82 Å². The van der Waals surface area contributed by atoms with E-state index in [1.807, 2.05) is 36.2 Å². The van der Waals surface area contributed by atoms with Crippen LogP contribution in [0.2, 0.25) is 0 Å². The van der Waals surface area contributed by atoms with Crippen molar-refractivity contribution in [3.8, 4) is 22.9 Å². The smallest absolute Gasteiger partial charge is 0.241 e. The molecule has 0 aliphatic rings. The lowest BCUT2D eigenvalue weighted by atomic mass is 10.2. The molecule has 0 bridgehead atoms. The van der Waals surface area contributed by atoms with Crippen LogP contribution in [0.15, 0.2) is 53.1 Å². The van der Waals surface area contributed by atoms with Crippen molar-refractivity contribution in [2.75, 3.05) is 27.3 Å². The van der Waals surface area contributed by atoms with Gasteiger partial charge in [-0.05, 0) is 55.6 Å². The molecule has 1 aromatic heterocycles. The molecule has 2 aromatic carbocycles. The fraction of sp³-hybridized carbons (Fsp3) is 0.263. The van der Waals surface area contributed by atoms with Gasteiger partial charge in [0.25, 0.3) is 0 Å². The van der Waals surface area contributed by atoms with E-state index in [4.69, 9.17) is 14.0 Å². The van der Waals surface area contributed by atoms with Crippen molar-refractivity contribution in [1.29, 1.82) is 0 Å². The van der Waals surface area contributed by atoms with Crippen LogP contribution in [-0.4, -0.2) is 42.3 Å². The minimum absolute atomic E-state index is 0.297. The van der Waals surface area contributed by atoms with Crippen molar-refractivity contribution in [3.63, 3.8) is 0 Å². The van der Waals surface area contributed by atoms with Gasteiger partial charge in [0.15, 0.2) is 0 Å². The Balaban J connectivity index is 1.47. The van der Waals surface area contributed by atoms with Crippen LogP contribution in [0.25, 0.3) is 11.4 Å². The third kappa shape index (κ3) is 4.80. The average Bonchev–Trinajstić information content (AvgIpc) is 3.11. The molecular weight excluding hydrogens is 337 g/mol. The molecule has 0 unspecified atom stereocenters. The normalized spacial score (nSPS) is 10.9. The van der Waals surface area contributed by atoms with E-state index in [0.717, 1.165) is 11.5 Å². The Hall–Kier alpha value is -2.93. The van der Waals surface area contributed by atoms with E-state index < -0.39 is 0 Å². The lowest BCUT2D eigenvalue weighted by Crippen LogP contribution is -2.24. The summed E-state index contributed by atoms with van der Waals surface area (Å²) in [5.74, 6) is 2.23. The third-order valence-electron chi connectivity index (χ3n) is 3.78. The summed E-state index contributed by atoms with van der Waals surface area (Å²) in [6.45, 7) is 1.72. The van der Waals surface area contributed by atoms with Crippen molar-refractivity contribution < 1.29 is 18.4 Å². The van der Waals surface area contributed by atoms with Crippen molar-refractivity contribution in [3.05, 3.63) is 60.2 Å². The van der Waals surface area contributed by atoms with E-state index in [9.17, 15) is 4.39 Å². The molecule has 6 nitrogen and oxygen atoms in total. The molecule has 3 rings (SSSR count). The Bertz CT molecular complexity index is 819. The summed E-state index contributed by atoms with van der Waals surface area (Å²) in [5, 5.41) is 3.94. The fourth-order valence-corrected chi connectivity index (χ4v) is 2.34. The largest absolute Gasteiger partial charge is 0.497 e. The average molecular weight is 357 g/mol. The van der Waals surface area contributed by atoms with Gasteiger partial charge in [-0.1, -0.05) is 5.16 Å². The van der Waals surface area contributed by atoms with Crippen LogP contribution in [0.3, 0.4) is 0 Å². The highest BCUT2D eigenvalue weighted by Crippen LogP contribution is 2.18. The number of methoxy groups -OCH3 is 1. The molecule has 136 valence electrons. The standard InChI is InChI=1S/C19H20FN3O3/c1-23(11-12-25-17-9-7-16(24-2)8-10-17)13-18-21-19(22-26-18)14-3-5-15(20)6-4-14/h3-10H,11-13H2,1-2H3. The predicted octanol–water partition coefficient (Wildman–Crippen LogP) is 3.40. The molecule has 3 aromatic rings. The van der Waals surface area contributed by atoms with Gasteiger partial charge in [0.05, 0.1) is 13.7 Å². The van der Waals surface area contributed by atoms with Gasteiger partial charge in [-0.15, -0.1) is 0 Å². The molecule has 1 heterocycles. The topological polar surface area (TPSA) is 60.6 Å². The number of likely N-dealkylation sites (N-methyl/N-ethyl adjacent to an activating group) is 1. The summed E-state index contributed by atoms with van der Waals surface area (Å²) in [4.78, 5) is 6.36. The maximum absolute atomic E-state index is 13.0. The number of halogens is 1. The van der Waals surface area contributed by atoms with Crippen molar-refractivity contribution in [2.24, 2.45) is 0 Å². The first kappa shape index (κ1) is 17.9. The molecule has 0 spiro atoms. The van der Waals surface area contributed by atoms with Gasteiger partial charge in [0.1, 0.15) is 23.9 Å². The number of ether oxygens (including phenoxy) is 2. The predicted molar refractivity (Wildman–Crippen MR) is 94.5 cm³/mol. The van der Waals surface area contributed by atoms with Crippen LogP contribution in [0.4, 0.5) is 4.39 Å². The zero-order chi connectivity index (χ0) is 18.4. The first-order chi connectivity index (χ1) is 12.6. The zero-order valence-corrected chi connectivity index (χ0v) is 14.7. The highest BCUT2D eigenvalue weighted by atomic mass is 19.1. The lowest BCUT2D eigenvalue weighted by Gasteiger charge is -2.14. The highest BCUT2D eigenvalue weighted by molar-refractivity contribution is 5.53. The van der Waals surface area contributed by atoms with Crippen LogP contribution in [0.5, 0.6) is 11.5 Å². The molecule has 7 heteroatoms. The van der Waals surface area contributed by atoms with Gasteiger partial charge in [-0.2, -0.15) is 4.98 Å². The second kappa shape index (κ2) is 8.44. The van der Waals surface area contributed by atoms with Gasteiger partial charge in [0, 0.05) is 12.1 Å². The second-order valence-electron chi connectivity index (χ2n) is 5.78. The van der Waals surface area contributed by atoms with Gasteiger partial charge >= 0.3 is 0 Å². The fourth-order valence-electron chi connectivity index (χ4n) is 2.34. The van der Waals surface area contributed by atoms with E-state index >= 15 is 0 Å². The van der Waals surface area contributed by atoms with Gasteiger partial charge in [-0.3, -0.25) is 4.90 Å². The molecule has 0 fully saturated rings. The number of hydrogen-bond acceptors (Lipinski definition) is 6. The highest BCUT2D eigenvalue weighted by Gasteiger charge is 2.11. The number of nitrogens with zero attached hydrogens (tertiary/aromatic N) is 3. The van der Waals surface area contributed by atoms with Crippen molar-refractivity contribution in [1.82, 2.24) is 15.0 Å². The van der Waals surface area contributed by atoms with Gasteiger partial charge in [-0.25, -0.2) is 4.39 Å². The number of benzene rings is 2. The van der Waals surface area contributed by atoms with Gasteiger partial charge in [0.2, 0.25) is 11.7 Å².